The van der Waals surface area contributed by atoms with Crippen molar-refractivity contribution < 1.29 is 4.79 Å². The molecular formula is C17H26N2O. The van der Waals surface area contributed by atoms with Crippen LogP contribution in [0.3, 0.4) is 0 Å². The van der Waals surface area contributed by atoms with E-state index in [0.29, 0.717) is 6.04 Å². The lowest BCUT2D eigenvalue weighted by atomic mass is 10.1. The minimum atomic E-state index is 0.201. The molecule has 0 unspecified atom stereocenters. The first-order chi connectivity index (χ1) is 9.67. The van der Waals surface area contributed by atoms with E-state index in [4.69, 9.17) is 0 Å². The number of carbonyl (C=O) groups is 1. The van der Waals surface area contributed by atoms with Crippen molar-refractivity contribution in [2.75, 3.05) is 18.4 Å². The van der Waals surface area contributed by atoms with Gasteiger partial charge in [-0.1, -0.05) is 13.3 Å². The van der Waals surface area contributed by atoms with Crippen LogP contribution in [0.4, 0.5) is 5.69 Å². The minimum Gasteiger partial charge on any atom is -0.385 e. The fraction of sp³-hybridized carbons (Fsp3) is 0.588. The second kappa shape index (κ2) is 6.78. The zero-order valence-corrected chi connectivity index (χ0v) is 12.9. The van der Waals surface area contributed by atoms with Gasteiger partial charge in [0.25, 0.3) is 5.91 Å². The van der Waals surface area contributed by atoms with Gasteiger partial charge in [-0.05, 0) is 56.9 Å². The number of unbranched alkanes of at least 4 members (excludes halogenated alkanes) is 1. The van der Waals surface area contributed by atoms with Crippen LogP contribution in [0.25, 0.3) is 0 Å². The van der Waals surface area contributed by atoms with E-state index in [1.54, 1.807) is 0 Å². The zero-order chi connectivity index (χ0) is 14.5. The lowest BCUT2D eigenvalue weighted by molar-refractivity contribution is 0.0740. The quantitative estimate of drug-likeness (QED) is 0.819. The third-order valence-corrected chi connectivity index (χ3v) is 3.84. The molecule has 0 heterocycles. The van der Waals surface area contributed by atoms with Gasteiger partial charge >= 0.3 is 0 Å². The Hall–Kier alpha value is -1.51. The molecule has 1 fully saturated rings. The number of carbonyl (C=O) groups excluding carboxylic acids is 1. The van der Waals surface area contributed by atoms with Crippen LogP contribution in [-0.2, 0) is 0 Å². The van der Waals surface area contributed by atoms with Gasteiger partial charge in [0.15, 0.2) is 0 Å². The minimum absolute atomic E-state index is 0.201. The van der Waals surface area contributed by atoms with Gasteiger partial charge in [0.05, 0.1) is 0 Å². The standard InChI is InChI=1S/C17H26N2O/c1-4-6-11-19(15-8-9-15)17(20)14-7-10-16(18-5-2)13(3)12-14/h7,10,12,15,18H,4-6,8-9,11H2,1-3H3. The Morgan fingerprint density at radius 2 is 2.10 bits per heavy atom. The number of amides is 1. The Labute approximate surface area is 122 Å². The van der Waals surface area contributed by atoms with Gasteiger partial charge in [-0.15, -0.1) is 0 Å². The Kier molecular flexibility index (Phi) is 5.05. The van der Waals surface area contributed by atoms with Crippen molar-refractivity contribution >= 4 is 11.6 Å². The molecule has 1 saturated carbocycles. The topological polar surface area (TPSA) is 32.3 Å². The van der Waals surface area contributed by atoms with Gasteiger partial charge in [0, 0.05) is 30.4 Å². The van der Waals surface area contributed by atoms with E-state index in [1.807, 2.05) is 18.2 Å². The molecule has 110 valence electrons. The Balaban J connectivity index is 2.12. The van der Waals surface area contributed by atoms with Crippen LogP contribution in [0.1, 0.15) is 55.5 Å². The summed E-state index contributed by atoms with van der Waals surface area (Å²) in [6.45, 7) is 8.11. The monoisotopic (exact) mass is 274 g/mol. The van der Waals surface area contributed by atoms with Crippen molar-refractivity contribution in [1.82, 2.24) is 4.90 Å². The Morgan fingerprint density at radius 3 is 2.65 bits per heavy atom. The summed E-state index contributed by atoms with van der Waals surface area (Å²) in [7, 11) is 0. The predicted molar refractivity (Wildman–Crippen MR) is 84.3 cm³/mol. The number of hydrogen-bond acceptors (Lipinski definition) is 2. The van der Waals surface area contributed by atoms with Crippen LogP contribution >= 0.6 is 0 Å². The molecule has 1 amide bonds. The van der Waals surface area contributed by atoms with Crippen molar-refractivity contribution in [3.63, 3.8) is 0 Å². The molecule has 1 aromatic rings. The zero-order valence-electron chi connectivity index (χ0n) is 12.9. The summed E-state index contributed by atoms with van der Waals surface area (Å²) in [5.41, 5.74) is 3.09. The van der Waals surface area contributed by atoms with E-state index in [9.17, 15) is 4.79 Å². The van der Waals surface area contributed by atoms with E-state index in [0.717, 1.165) is 42.7 Å². The number of anilines is 1. The normalized spacial score (nSPS) is 14.2. The fourth-order valence-corrected chi connectivity index (χ4v) is 2.52. The second-order valence-corrected chi connectivity index (χ2v) is 5.64. The summed E-state index contributed by atoms with van der Waals surface area (Å²) in [5, 5.41) is 3.32. The molecule has 3 heteroatoms. The lowest BCUT2D eigenvalue weighted by Gasteiger charge is -2.23. The van der Waals surface area contributed by atoms with Crippen LogP contribution in [-0.4, -0.2) is 29.9 Å². The van der Waals surface area contributed by atoms with Crippen LogP contribution < -0.4 is 5.32 Å². The molecule has 0 saturated heterocycles. The number of hydrogen-bond donors (Lipinski definition) is 1. The smallest absolute Gasteiger partial charge is 0.254 e. The number of rotatable bonds is 7. The van der Waals surface area contributed by atoms with E-state index < -0.39 is 0 Å². The van der Waals surface area contributed by atoms with Crippen LogP contribution in [0.5, 0.6) is 0 Å². The van der Waals surface area contributed by atoms with Gasteiger partial charge in [0.1, 0.15) is 0 Å². The van der Waals surface area contributed by atoms with Crippen molar-refractivity contribution in [3.8, 4) is 0 Å². The van der Waals surface area contributed by atoms with Gasteiger partial charge in [-0.25, -0.2) is 0 Å². The van der Waals surface area contributed by atoms with Gasteiger partial charge in [0.2, 0.25) is 0 Å². The van der Waals surface area contributed by atoms with Crippen molar-refractivity contribution in [1.29, 1.82) is 0 Å². The second-order valence-electron chi connectivity index (χ2n) is 5.64. The summed E-state index contributed by atoms with van der Waals surface area (Å²) < 4.78 is 0. The van der Waals surface area contributed by atoms with Gasteiger partial charge in [-0.2, -0.15) is 0 Å². The first-order valence-corrected chi connectivity index (χ1v) is 7.82. The molecule has 2 rings (SSSR count). The molecule has 0 radical (unpaired) electrons. The van der Waals surface area contributed by atoms with Crippen molar-refractivity contribution in [3.05, 3.63) is 29.3 Å². The first kappa shape index (κ1) is 14.9. The molecule has 1 N–H and O–H groups in total. The maximum Gasteiger partial charge on any atom is 0.254 e. The molecule has 0 aromatic heterocycles. The molecular weight excluding hydrogens is 248 g/mol. The maximum absolute atomic E-state index is 12.7. The lowest BCUT2D eigenvalue weighted by Crippen LogP contribution is -2.34. The Bertz CT molecular complexity index is 466. The molecule has 0 atom stereocenters. The summed E-state index contributed by atoms with van der Waals surface area (Å²) in [4.78, 5) is 14.7. The SMILES string of the molecule is CCCCN(C(=O)c1ccc(NCC)c(C)c1)C1CC1. The van der Waals surface area contributed by atoms with Crippen molar-refractivity contribution in [2.24, 2.45) is 0 Å². The molecule has 0 aliphatic heterocycles. The number of nitrogens with one attached hydrogen (secondary N) is 1. The third-order valence-electron chi connectivity index (χ3n) is 3.84. The molecule has 1 aromatic carbocycles. The van der Waals surface area contributed by atoms with E-state index in [1.165, 1.54) is 12.8 Å². The highest BCUT2D eigenvalue weighted by Crippen LogP contribution is 2.29. The first-order valence-electron chi connectivity index (χ1n) is 7.82. The van der Waals surface area contributed by atoms with Gasteiger partial charge < -0.3 is 10.2 Å². The molecule has 0 bridgehead atoms. The number of benzene rings is 1. The number of aryl methyl sites for hydroxylation is 1. The summed E-state index contributed by atoms with van der Waals surface area (Å²) in [6.07, 6.45) is 4.57. The van der Waals surface area contributed by atoms with Crippen LogP contribution in [0.15, 0.2) is 18.2 Å². The highest BCUT2D eigenvalue weighted by Gasteiger charge is 2.32. The van der Waals surface area contributed by atoms with E-state index in [2.05, 4.69) is 31.0 Å². The largest absolute Gasteiger partial charge is 0.385 e. The fourth-order valence-electron chi connectivity index (χ4n) is 2.52. The predicted octanol–water partition coefficient (Wildman–Crippen LogP) is 3.83. The van der Waals surface area contributed by atoms with E-state index >= 15 is 0 Å². The molecule has 3 nitrogen and oxygen atoms in total. The maximum atomic E-state index is 12.7. The summed E-state index contributed by atoms with van der Waals surface area (Å²) >= 11 is 0. The average molecular weight is 274 g/mol. The van der Waals surface area contributed by atoms with Crippen LogP contribution in [0, 0.1) is 6.92 Å². The Morgan fingerprint density at radius 1 is 1.35 bits per heavy atom. The van der Waals surface area contributed by atoms with Gasteiger partial charge in [-0.3, -0.25) is 4.79 Å². The third kappa shape index (κ3) is 3.53. The highest BCUT2D eigenvalue weighted by molar-refractivity contribution is 5.95. The molecule has 0 spiro atoms. The molecule has 1 aliphatic carbocycles. The van der Waals surface area contributed by atoms with Crippen molar-refractivity contribution in [2.45, 2.75) is 52.5 Å². The highest BCUT2D eigenvalue weighted by atomic mass is 16.2. The summed E-state index contributed by atoms with van der Waals surface area (Å²) in [6, 6.07) is 6.48. The summed E-state index contributed by atoms with van der Waals surface area (Å²) in [5.74, 6) is 0.201. The average Bonchev–Trinajstić information content (AvgIpc) is 3.26. The van der Waals surface area contributed by atoms with Crippen LogP contribution in [0.2, 0.25) is 0 Å². The van der Waals surface area contributed by atoms with E-state index in [-0.39, 0.29) is 5.91 Å². The molecule has 1 aliphatic rings. The molecule has 20 heavy (non-hydrogen) atoms. The number of nitrogens with zero attached hydrogens (tertiary/aromatic N) is 1.